The SMILES string of the molecule is C=[CH][Cu-].[Li+]. The van der Waals surface area contributed by atoms with Crippen molar-refractivity contribution in [3.8, 4) is 0 Å². The molecule has 4 heavy (non-hydrogen) atoms. The van der Waals surface area contributed by atoms with Gasteiger partial charge in [-0.1, -0.05) is 0 Å². The van der Waals surface area contributed by atoms with E-state index in [0.29, 0.717) is 0 Å². The summed E-state index contributed by atoms with van der Waals surface area (Å²) in [6.07, 6.45) is 0. The van der Waals surface area contributed by atoms with Crippen molar-refractivity contribution in [3.63, 3.8) is 0 Å². The van der Waals surface area contributed by atoms with Crippen LogP contribution >= 0.6 is 0 Å². The molecule has 0 saturated heterocycles. The summed E-state index contributed by atoms with van der Waals surface area (Å²) >= 11 is 4.27. The molecule has 0 unspecified atom stereocenters. The third kappa shape index (κ3) is 13.4. The zero-order valence-electron chi connectivity index (χ0n) is 2.59. The molecule has 0 radical (unpaired) electrons. The second kappa shape index (κ2) is 9.13. The summed E-state index contributed by atoms with van der Waals surface area (Å²) in [7, 11) is 0. The van der Waals surface area contributed by atoms with E-state index in [1.54, 1.807) is 0 Å². The van der Waals surface area contributed by atoms with Crippen molar-refractivity contribution in [1.29, 1.82) is 0 Å². The van der Waals surface area contributed by atoms with Crippen molar-refractivity contribution in [1.82, 2.24) is 0 Å². The van der Waals surface area contributed by atoms with Crippen LogP contribution < -0.4 is 18.9 Å². The van der Waals surface area contributed by atoms with Gasteiger partial charge in [-0.25, -0.2) is 0 Å². The Morgan fingerprint density at radius 1 is 1.75 bits per heavy atom. The monoisotopic (exact) mass is 97.0 g/mol. The van der Waals surface area contributed by atoms with Gasteiger partial charge in [-0.15, -0.1) is 0 Å². The maximum atomic E-state index is 4.27. The Labute approximate surface area is 46.6 Å². The molecule has 0 N–H and O–H groups in total. The van der Waals surface area contributed by atoms with Crippen molar-refractivity contribution in [2.75, 3.05) is 0 Å². The van der Waals surface area contributed by atoms with Crippen LogP contribution in [0.15, 0.2) is 11.6 Å². The van der Waals surface area contributed by atoms with E-state index in [1.807, 2.05) is 0 Å². The Kier molecular flexibility index (Phi) is 20.2. The molecule has 0 aliphatic rings. The molecular formula is C2H3CuLi. The van der Waals surface area contributed by atoms with Gasteiger partial charge in [-0.05, 0) is 0 Å². The van der Waals surface area contributed by atoms with Crippen LogP contribution in [0.3, 0.4) is 0 Å². The van der Waals surface area contributed by atoms with Gasteiger partial charge in [0.1, 0.15) is 0 Å². The summed E-state index contributed by atoms with van der Waals surface area (Å²) < 4.78 is 0. The van der Waals surface area contributed by atoms with E-state index < -0.39 is 0 Å². The number of hydrogen-bond acceptors (Lipinski definition) is 0. The predicted molar refractivity (Wildman–Crippen MR) is 10.2 cm³/mol. The van der Waals surface area contributed by atoms with E-state index in [2.05, 4.69) is 22.6 Å². The third-order valence-electron chi connectivity index (χ3n) is 0. The molecule has 0 aliphatic heterocycles. The summed E-state index contributed by atoms with van der Waals surface area (Å²) in [5, 5.41) is 0. The van der Waals surface area contributed by atoms with Gasteiger partial charge >= 0.3 is 46.4 Å². The maximum absolute atomic E-state index is 4.27. The fourth-order valence-electron chi connectivity index (χ4n) is 0. The van der Waals surface area contributed by atoms with E-state index in [4.69, 9.17) is 0 Å². The zero-order valence-corrected chi connectivity index (χ0v) is 3.53. The minimum Gasteiger partial charge on any atom is 1.00 e. The predicted octanol–water partition coefficient (Wildman–Crippen LogP) is -2.32. The van der Waals surface area contributed by atoms with Gasteiger partial charge in [0.25, 0.3) is 0 Å². The van der Waals surface area contributed by atoms with Gasteiger partial charge in [0.15, 0.2) is 0 Å². The van der Waals surface area contributed by atoms with Crippen molar-refractivity contribution in [2.24, 2.45) is 0 Å². The second-order valence-electron chi connectivity index (χ2n) is 0.123. The minimum absolute atomic E-state index is 0. The van der Waals surface area contributed by atoms with E-state index in [-0.39, 0.29) is 18.9 Å². The first-order chi connectivity index (χ1) is 1.41. The van der Waals surface area contributed by atoms with Gasteiger partial charge in [-0.2, -0.15) is 0 Å². The van der Waals surface area contributed by atoms with Gasteiger partial charge < -0.3 is 0 Å². The molecule has 0 nitrogen and oxygen atoms in total. The van der Waals surface area contributed by atoms with Crippen LogP contribution in [0.5, 0.6) is 0 Å². The average Bonchev–Trinajstić information content (AvgIpc) is 0.918. The molecular weight excluding hydrogens is 94.5 g/mol. The Morgan fingerprint density at radius 3 is 1.75 bits per heavy atom. The van der Waals surface area contributed by atoms with Crippen molar-refractivity contribution >= 4 is 0 Å². The van der Waals surface area contributed by atoms with Crippen LogP contribution in [0.25, 0.3) is 0 Å². The molecule has 0 bridgehead atoms. The van der Waals surface area contributed by atoms with Gasteiger partial charge in [-0.3, -0.25) is 0 Å². The maximum Gasteiger partial charge on any atom is 1.00 e. The Hall–Kier alpha value is 0.857. The summed E-state index contributed by atoms with van der Waals surface area (Å²) in [5.74, 6) is 0. The summed E-state index contributed by atoms with van der Waals surface area (Å²) in [6, 6.07) is 0. The van der Waals surface area contributed by atoms with Gasteiger partial charge in [0.2, 0.25) is 0 Å². The topological polar surface area (TPSA) is 0 Å². The summed E-state index contributed by atoms with van der Waals surface area (Å²) in [6.45, 7) is 3.17. The van der Waals surface area contributed by atoms with Crippen LogP contribution in [0.1, 0.15) is 0 Å². The Bertz CT molecular complexity index is 13.5. The quantitative estimate of drug-likeness (QED) is 0.298. The second-order valence-corrected chi connectivity index (χ2v) is 0.508. The van der Waals surface area contributed by atoms with E-state index in [1.165, 1.54) is 4.97 Å². The molecule has 0 aliphatic carbocycles. The van der Waals surface area contributed by atoms with Gasteiger partial charge in [0.05, 0.1) is 0 Å². The van der Waals surface area contributed by atoms with Crippen LogP contribution in [0.4, 0.5) is 0 Å². The molecule has 0 amide bonds. The van der Waals surface area contributed by atoms with Crippen LogP contribution in [-0.4, -0.2) is 0 Å². The number of rotatable bonds is 0. The molecule has 0 aromatic heterocycles. The summed E-state index contributed by atoms with van der Waals surface area (Å²) in [4.78, 5) is 1.31. The van der Waals surface area contributed by atoms with Crippen LogP contribution in [-0.2, 0) is 16.0 Å². The molecule has 0 saturated carbocycles. The first-order valence-corrected chi connectivity index (χ1v) is 1.13. The van der Waals surface area contributed by atoms with Crippen molar-refractivity contribution in [2.45, 2.75) is 0 Å². The minimum atomic E-state index is 0. The van der Waals surface area contributed by atoms with Crippen molar-refractivity contribution < 1.29 is 34.9 Å². The van der Waals surface area contributed by atoms with Crippen LogP contribution in [0, 0.1) is 0 Å². The average molecular weight is 97.5 g/mol. The molecule has 0 spiro atoms. The molecule has 0 fully saturated rings. The van der Waals surface area contributed by atoms with E-state index in [0.717, 1.165) is 0 Å². The largest absolute Gasteiger partial charge is 1.00 e. The van der Waals surface area contributed by atoms with Gasteiger partial charge in [0, 0.05) is 0 Å². The fourth-order valence-corrected chi connectivity index (χ4v) is 0. The van der Waals surface area contributed by atoms with Crippen LogP contribution in [0.2, 0.25) is 0 Å². The summed E-state index contributed by atoms with van der Waals surface area (Å²) in [5.41, 5.74) is 0. The first-order valence-electron chi connectivity index (χ1n) is 0.582. The molecule has 0 atom stereocenters. The third-order valence-corrected chi connectivity index (χ3v) is 0. The molecule has 0 aromatic rings. The zero-order chi connectivity index (χ0) is 2.71. The smallest absolute Gasteiger partial charge is 1.00 e. The first kappa shape index (κ1) is 8.85. The Morgan fingerprint density at radius 2 is 1.75 bits per heavy atom. The molecule has 2 heteroatoms. The molecule has 23 valence electrons. The Balaban J connectivity index is 0. The standard InChI is InChI=1S/C2H3.Cu.Li/c1-2;;/h1H,2H2;;/q;-1;+1. The normalized spacial score (nSPS) is 3.50. The van der Waals surface area contributed by atoms with E-state index in [9.17, 15) is 0 Å². The molecule has 0 rings (SSSR count). The molecule has 0 heterocycles. The fraction of sp³-hybridized carbons (Fsp3) is 0. The van der Waals surface area contributed by atoms with Crippen molar-refractivity contribution in [3.05, 3.63) is 11.6 Å². The van der Waals surface area contributed by atoms with E-state index >= 15 is 0 Å². The molecule has 0 aromatic carbocycles. The number of hydrogen-bond donors (Lipinski definition) is 0.